The van der Waals surface area contributed by atoms with Crippen molar-refractivity contribution in [2.24, 2.45) is 0 Å². The molecule has 0 aliphatic carbocycles. The van der Waals surface area contributed by atoms with Crippen LogP contribution in [-0.2, 0) is 11.5 Å². The maximum absolute atomic E-state index is 12.2. The molecule has 1 radical (unpaired) electrons. The molecule has 5 heteroatoms. The van der Waals surface area contributed by atoms with Crippen LogP contribution in [0.1, 0.15) is 17.2 Å². The van der Waals surface area contributed by atoms with E-state index in [0.717, 1.165) is 21.6 Å². The van der Waals surface area contributed by atoms with Gasteiger partial charge in [-0.15, -0.1) is 5.10 Å². The van der Waals surface area contributed by atoms with E-state index in [1.165, 1.54) is 11.5 Å². The molecule has 0 saturated carbocycles. The summed E-state index contributed by atoms with van der Waals surface area (Å²) in [4.78, 5) is 5.03. The van der Waals surface area contributed by atoms with Crippen LogP contribution in [0.5, 0.6) is 0 Å². The number of benzene rings is 1. The first kappa shape index (κ1) is 12.9. The summed E-state index contributed by atoms with van der Waals surface area (Å²) in [5, 5.41) is 16.1. The van der Waals surface area contributed by atoms with E-state index in [-0.39, 0.29) is 0 Å². The van der Waals surface area contributed by atoms with E-state index >= 15 is 0 Å². The van der Waals surface area contributed by atoms with E-state index in [9.17, 15) is 5.11 Å². The molecule has 0 N–H and O–H groups in total. The Labute approximate surface area is 120 Å². The normalized spacial score (nSPS) is 12.2. The standard InChI is InChI=1S/C15H12N3OS/c19-14(8-11-2-1-7-16-9-11)12-3-5-13(6-4-12)15-10-17-18-20-15/h1-7,9-10,14H,8H2. The summed E-state index contributed by atoms with van der Waals surface area (Å²) in [6.07, 6.45) is 4.86. The molecule has 3 aromatic rings. The van der Waals surface area contributed by atoms with Crippen LogP contribution in [0.2, 0.25) is 0 Å². The van der Waals surface area contributed by atoms with Gasteiger partial charge in [0.05, 0.1) is 11.1 Å². The van der Waals surface area contributed by atoms with Crippen LogP contribution in [0.3, 0.4) is 0 Å². The van der Waals surface area contributed by atoms with Crippen molar-refractivity contribution in [3.05, 3.63) is 66.1 Å². The fraction of sp³-hybridized carbons (Fsp3) is 0.133. The van der Waals surface area contributed by atoms with Crippen molar-refractivity contribution in [1.82, 2.24) is 14.6 Å². The predicted octanol–water partition coefficient (Wildman–Crippen LogP) is 3.31. The molecule has 20 heavy (non-hydrogen) atoms. The Hall–Kier alpha value is -2.11. The van der Waals surface area contributed by atoms with Gasteiger partial charge < -0.3 is 0 Å². The first-order valence-corrected chi connectivity index (χ1v) is 7.02. The predicted molar refractivity (Wildman–Crippen MR) is 76.7 cm³/mol. The van der Waals surface area contributed by atoms with E-state index in [1.54, 1.807) is 18.6 Å². The smallest absolute Gasteiger partial charge is 0.122 e. The zero-order chi connectivity index (χ0) is 13.8. The van der Waals surface area contributed by atoms with Crippen molar-refractivity contribution in [2.45, 2.75) is 12.5 Å². The Kier molecular flexibility index (Phi) is 3.80. The van der Waals surface area contributed by atoms with Gasteiger partial charge in [0.1, 0.15) is 6.10 Å². The molecular formula is C15H12N3OS. The van der Waals surface area contributed by atoms with Crippen LogP contribution >= 0.6 is 11.5 Å². The highest BCUT2D eigenvalue weighted by atomic mass is 32.1. The lowest BCUT2D eigenvalue weighted by Gasteiger charge is -2.09. The lowest BCUT2D eigenvalue weighted by atomic mass is 10.0. The second-order valence-corrected chi connectivity index (χ2v) is 5.24. The highest BCUT2D eigenvalue weighted by Crippen LogP contribution is 2.25. The van der Waals surface area contributed by atoms with Crippen molar-refractivity contribution in [3.63, 3.8) is 0 Å². The van der Waals surface area contributed by atoms with Crippen molar-refractivity contribution >= 4 is 11.5 Å². The fourth-order valence-electron chi connectivity index (χ4n) is 2.01. The molecule has 1 unspecified atom stereocenters. The van der Waals surface area contributed by atoms with Gasteiger partial charge in [-0.05, 0) is 34.3 Å². The minimum Gasteiger partial charge on any atom is -0.264 e. The van der Waals surface area contributed by atoms with Gasteiger partial charge in [0, 0.05) is 18.8 Å². The summed E-state index contributed by atoms with van der Waals surface area (Å²) in [6.45, 7) is 0. The third-order valence-electron chi connectivity index (χ3n) is 3.07. The molecule has 0 aliphatic rings. The minimum atomic E-state index is -0.771. The number of rotatable bonds is 4. The van der Waals surface area contributed by atoms with Crippen molar-refractivity contribution < 1.29 is 5.11 Å². The second kappa shape index (κ2) is 5.90. The first-order chi connectivity index (χ1) is 9.83. The van der Waals surface area contributed by atoms with Crippen LogP contribution < -0.4 is 0 Å². The van der Waals surface area contributed by atoms with Crippen molar-refractivity contribution in [3.8, 4) is 10.4 Å². The molecule has 0 spiro atoms. The van der Waals surface area contributed by atoms with Gasteiger partial charge in [-0.2, -0.15) is 0 Å². The van der Waals surface area contributed by atoms with Gasteiger partial charge in [0.2, 0.25) is 0 Å². The molecule has 2 aromatic heterocycles. The van der Waals surface area contributed by atoms with Crippen LogP contribution in [-0.4, -0.2) is 14.6 Å². The summed E-state index contributed by atoms with van der Waals surface area (Å²) in [5.41, 5.74) is 2.79. The van der Waals surface area contributed by atoms with E-state index < -0.39 is 6.10 Å². The topological polar surface area (TPSA) is 58.6 Å². The highest BCUT2D eigenvalue weighted by molar-refractivity contribution is 7.09. The Morgan fingerprint density at radius 1 is 1.10 bits per heavy atom. The van der Waals surface area contributed by atoms with Crippen LogP contribution in [0.25, 0.3) is 10.4 Å². The Bertz CT molecular complexity index is 653. The highest BCUT2D eigenvalue weighted by Gasteiger charge is 2.11. The van der Waals surface area contributed by atoms with E-state index in [2.05, 4.69) is 14.6 Å². The summed E-state index contributed by atoms with van der Waals surface area (Å²) < 4.78 is 3.83. The van der Waals surface area contributed by atoms with Crippen molar-refractivity contribution in [1.29, 1.82) is 0 Å². The molecule has 0 fully saturated rings. The summed E-state index contributed by atoms with van der Waals surface area (Å²) in [5.74, 6) is 0. The Balaban J connectivity index is 1.74. The molecular weight excluding hydrogens is 270 g/mol. The first-order valence-electron chi connectivity index (χ1n) is 6.25. The molecule has 99 valence electrons. The maximum Gasteiger partial charge on any atom is 0.122 e. The summed E-state index contributed by atoms with van der Waals surface area (Å²) in [7, 11) is 0. The number of nitrogens with zero attached hydrogens (tertiary/aromatic N) is 3. The zero-order valence-corrected chi connectivity index (χ0v) is 11.5. The van der Waals surface area contributed by atoms with Crippen LogP contribution in [0, 0.1) is 0 Å². The number of pyridine rings is 1. The average Bonchev–Trinajstić information content (AvgIpc) is 3.03. The molecule has 0 bridgehead atoms. The van der Waals surface area contributed by atoms with Crippen LogP contribution in [0.15, 0.2) is 55.0 Å². The largest absolute Gasteiger partial charge is 0.264 e. The van der Waals surface area contributed by atoms with Gasteiger partial charge in [-0.25, -0.2) is 5.11 Å². The second-order valence-electron chi connectivity index (χ2n) is 4.46. The van der Waals surface area contributed by atoms with E-state index in [4.69, 9.17) is 0 Å². The number of aromatic nitrogens is 3. The van der Waals surface area contributed by atoms with Gasteiger partial charge in [-0.3, -0.25) is 4.98 Å². The lowest BCUT2D eigenvalue weighted by Crippen LogP contribution is -2.00. The lowest BCUT2D eigenvalue weighted by molar-refractivity contribution is 0.0894. The molecule has 0 aliphatic heterocycles. The molecule has 0 amide bonds. The van der Waals surface area contributed by atoms with Gasteiger partial charge >= 0.3 is 0 Å². The third kappa shape index (κ3) is 2.89. The summed E-state index contributed by atoms with van der Waals surface area (Å²) >= 11 is 1.35. The Morgan fingerprint density at radius 2 is 1.95 bits per heavy atom. The van der Waals surface area contributed by atoms with E-state index in [1.807, 2.05) is 36.4 Å². The average molecular weight is 282 g/mol. The fourth-order valence-corrected chi connectivity index (χ4v) is 2.53. The zero-order valence-electron chi connectivity index (χ0n) is 10.6. The van der Waals surface area contributed by atoms with Crippen molar-refractivity contribution in [2.75, 3.05) is 0 Å². The monoisotopic (exact) mass is 282 g/mol. The molecule has 1 aromatic carbocycles. The van der Waals surface area contributed by atoms with Crippen LogP contribution in [0.4, 0.5) is 0 Å². The molecule has 4 nitrogen and oxygen atoms in total. The number of hydrogen-bond donors (Lipinski definition) is 0. The quantitative estimate of drug-likeness (QED) is 0.737. The van der Waals surface area contributed by atoms with Gasteiger partial charge in [0.15, 0.2) is 0 Å². The van der Waals surface area contributed by atoms with Gasteiger partial charge in [-0.1, -0.05) is 34.8 Å². The van der Waals surface area contributed by atoms with E-state index in [0.29, 0.717) is 6.42 Å². The number of hydrogen-bond acceptors (Lipinski definition) is 4. The maximum atomic E-state index is 12.2. The molecule has 0 saturated heterocycles. The molecule has 2 heterocycles. The van der Waals surface area contributed by atoms with Gasteiger partial charge in [0.25, 0.3) is 0 Å². The Morgan fingerprint density at radius 3 is 2.60 bits per heavy atom. The molecule has 3 rings (SSSR count). The SMILES string of the molecule is [O]C(Cc1cccnc1)c1ccc(-c2cnns2)cc1. The minimum absolute atomic E-state index is 0.454. The summed E-state index contributed by atoms with van der Waals surface area (Å²) in [6, 6.07) is 11.4. The third-order valence-corrected chi connectivity index (χ3v) is 3.79. The molecule has 1 atom stereocenters.